The number of rotatable bonds is 4. The van der Waals surface area contributed by atoms with Crippen LogP contribution in [-0.2, 0) is 11.3 Å². The summed E-state index contributed by atoms with van der Waals surface area (Å²) in [6.07, 6.45) is 7.56. The third kappa shape index (κ3) is 2.75. The zero-order valence-electron chi connectivity index (χ0n) is 13.4. The fourth-order valence-corrected chi connectivity index (χ4v) is 3.42. The number of nitrogens with zero attached hydrogens (tertiary/aromatic N) is 5. The van der Waals surface area contributed by atoms with Gasteiger partial charge in [-0.15, -0.1) is 0 Å². The van der Waals surface area contributed by atoms with Crippen LogP contribution in [0.4, 0.5) is 0 Å². The second-order valence-electron chi connectivity index (χ2n) is 6.06. The average Bonchev–Trinajstić information content (AvgIpc) is 3.28. The van der Waals surface area contributed by atoms with Crippen molar-refractivity contribution in [3.63, 3.8) is 0 Å². The standard InChI is InChI=1S/C18H19N5O/c24-18(8-11-22-13-21-14-4-1-2-5-16(14)22)23-10-3-6-17(23)15-7-9-19-12-20-15/h1-2,4-5,7,9,12-13,17H,3,6,8,10-11H2/t17-/m0/s1. The molecule has 0 spiro atoms. The summed E-state index contributed by atoms with van der Waals surface area (Å²) in [5.41, 5.74) is 2.97. The van der Waals surface area contributed by atoms with Crippen molar-refractivity contribution in [2.75, 3.05) is 6.54 Å². The normalized spacial score (nSPS) is 17.5. The maximum absolute atomic E-state index is 12.7. The van der Waals surface area contributed by atoms with Crippen molar-refractivity contribution in [3.05, 3.63) is 54.9 Å². The molecule has 1 aromatic carbocycles. The van der Waals surface area contributed by atoms with Gasteiger partial charge in [0.25, 0.3) is 0 Å². The van der Waals surface area contributed by atoms with Gasteiger partial charge >= 0.3 is 0 Å². The monoisotopic (exact) mass is 321 g/mol. The molecule has 3 heterocycles. The van der Waals surface area contributed by atoms with Gasteiger partial charge < -0.3 is 9.47 Å². The lowest BCUT2D eigenvalue weighted by molar-refractivity contribution is -0.132. The van der Waals surface area contributed by atoms with Crippen LogP contribution in [0.1, 0.15) is 31.0 Å². The van der Waals surface area contributed by atoms with Crippen molar-refractivity contribution in [2.45, 2.75) is 31.8 Å². The number of hydrogen-bond acceptors (Lipinski definition) is 4. The maximum atomic E-state index is 12.7. The van der Waals surface area contributed by atoms with Gasteiger partial charge in [0.1, 0.15) is 6.33 Å². The van der Waals surface area contributed by atoms with E-state index in [1.165, 1.54) is 0 Å². The molecule has 3 aromatic rings. The van der Waals surface area contributed by atoms with Crippen LogP contribution in [0.15, 0.2) is 49.2 Å². The third-order valence-corrected chi connectivity index (χ3v) is 4.61. The maximum Gasteiger partial charge on any atom is 0.224 e. The molecule has 1 amide bonds. The summed E-state index contributed by atoms with van der Waals surface area (Å²) in [7, 11) is 0. The minimum Gasteiger partial charge on any atom is -0.334 e. The van der Waals surface area contributed by atoms with Crippen LogP contribution in [0.25, 0.3) is 11.0 Å². The molecular formula is C18H19N5O. The molecule has 0 radical (unpaired) electrons. The number of benzene rings is 1. The minimum absolute atomic E-state index is 0.0834. The van der Waals surface area contributed by atoms with Gasteiger partial charge in [0.15, 0.2) is 0 Å². The van der Waals surface area contributed by atoms with Crippen LogP contribution in [-0.4, -0.2) is 36.9 Å². The van der Waals surface area contributed by atoms with E-state index in [-0.39, 0.29) is 11.9 Å². The summed E-state index contributed by atoms with van der Waals surface area (Å²) in [5, 5.41) is 0. The highest BCUT2D eigenvalue weighted by molar-refractivity contribution is 5.78. The quantitative estimate of drug-likeness (QED) is 0.741. The molecule has 2 aromatic heterocycles. The molecule has 4 rings (SSSR count). The van der Waals surface area contributed by atoms with Crippen molar-refractivity contribution in [1.82, 2.24) is 24.4 Å². The van der Waals surface area contributed by atoms with E-state index < -0.39 is 0 Å². The van der Waals surface area contributed by atoms with E-state index in [1.807, 2.05) is 46.1 Å². The van der Waals surface area contributed by atoms with Crippen molar-refractivity contribution < 1.29 is 4.79 Å². The van der Waals surface area contributed by atoms with Gasteiger partial charge in [-0.2, -0.15) is 0 Å². The number of para-hydroxylation sites is 2. The van der Waals surface area contributed by atoms with E-state index in [0.717, 1.165) is 36.1 Å². The first-order chi connectivity index (χ1) is 11.8. The molecule has 122 valence electrons. The highest BCUT2D eigenvalue weighted by Crippen LogP contribution is 2.31. The number of imidazole rings is 1. The smallest absolute Gasteiger partial charge is 0.224 e. The van der Waals surface area contributed by atoms with Gasteiger partial charge in [-0.25, -0.2) is 15.0 Å². The molecule has 1 fully saturated rings. The van der Waals surface area contributed by atoms with Crippen molar-refractivity contribution in [2.24, 2.45) is 0 Å². The Hall–Kier alpha value is -2.76. The molecule has 1 aliphatic heterocycles. The molecule has 0 unspecified atom stereocenters. The van der Waals surface area contributed by atoms with Crippen molar-refractivity contribution >= 4 is 16.9 Å². The Morgan fingerprint density at radius 2 is 2.12 bits per heavy atom. The second-order valence-corrected chi connectivity index (χ2v) is 6.06. The lowest BCUT2D eigenvalue weighted by Crippen LogP contribution is -2.31. The van der Waals surface area contributed by atoms with Gasteiger partial charge in [0.05, 0.1) is 29.1 Å². The van der Waals surface area contributed by atoms with E-state index in [2.05, 4.69) is 15.0 Å². The topological polar surface area (TPSA) is 63.9 Å². The summed E-state index contributed by atoms with van der Waals surface area (Å²) >= 11 is 0. The SMILES string of the molecule is O=C(CCn1cnc2ccccc21)N1CCC[C@H]1c1ccncn1. The van der Waals surface area contributed by atoms with Crippen LogP contribution >= 0.6 is 0 Å². The number of aromatic nitrogens is 4. The van der Waals surface area contributed by atoms with E-state index >= 15 is 0 Å². The number of likely N-dealkylation sites (tertiary alicyclic amines) is 1. The lowest BCUT2D eigenvalue weighted by atomic mass is 10.1. The molecule has 0 aliphatic carbocycles. The molecule has 24 heavy (non-hydrogen) atoms. The first-order valence-corrected chi connectivity index (χ1v) is 8.28. The number of fused-ring (bicyclic) bond motifs is 1. The number of hydrogen-bond donors (Lipinski definition) is 0. The predicted octanol–water partition coefficient (Wildman–Crippen LogP) is 2.58. The zero-order valence-corrected chi connectivity index (χ0v) is 13.4. The Labute approximate surface area is 140 Å². The van der Waals surface area contributed by atoms with Gasteiger partial charge in [0.2, 0.25) is 5.91 Å². The summed E-state index contributed by atoms with van der Waals surface area (Å²) in [4.78, 5) is 27.3. The Morgan fingerprint density at radius 1 is 1.21 bits per heavy atom. The Morgan fingerprint density at radius 3 is 3.00 bits per heavy atom. The van der Waals surface area contributed by atoms with Crippen molar-refractivity contribution in [3.8, 4) is 0 Å². The molecule has 1 saturated heterocycles. The Bertz CT molecular complexity index is 845. The fraction of sp³-hybridized carbons (Fsp3) is 0.333. The minimum atomic E-state index is 0.0834. The second kappa shape index (κ2) is 6.39. The van der Waals surface area contributed by atoms with Gasteiger partial charge in [-0.05, 0) is 31.0 Å². The summed E-state index contributed by atoms with van der Waals surface area (Å²) < 4.78 is 2.04. The first kappa shape index (κ1) is 14.8. The van der Waals surface area contributed by atoms with Gasteiger partial charge in [0, 0.05) is 25.7 Å². The van der Waals surface area contributed by atoms with Crippen molar-refractivity contribution in [1.29, 1.82) is 0 Å². The predicted molar refractivity (Wildman–Crippen MR) is 90.1 cm³/mol. The van der Waals surface area contributed by atoms with E-state index in [4.69, 9.17) is 0 Å². The molecule has 0 N–H and O–H groups in total. The largest absolute Gasteiger partial charge is 0.334 e. The van der Waals surface area contributed by atoms with Gasteiger partial charge in [-0.3, -0.25) is 4.79 Å². The molecular weight excluding hydrogens is 302 g/mol. The highest BCUT2D eigenvalue weighted by Gasteiger charge is 2.30. The van der Waals surface area contributed by atoms with Crippen LogP contribution in [0.5, 0.6) is 0 Å². The number of amides is 1. The van der Waals surface area contributed by atoms with Gasteiger partial charge in [-0.1, -0.05) is 12.1 Å². The molecule has 1 aliphatic rings. The van der Waals surface area contributed by atoms with Crippen LogP contribution in [0, 0.1) is 0 Å². The van der Waals surface area contributed by atoms with E-state index in [0.29, 0.717) is 13.0 Å². The number of aryl methyl sites for hydroxylation is 1. The molecule has 0 bridgehead atoms. The average molecular weight is 321 g/mol. The summed E-state index contributed by atoms with van der Waals surface area (Å²) in [6.45, 7) is 1.45. The molecule has 1 atom stereocenters. The molecule has 0 saturated carbocycles. The summed E-state index contributed by atoms with van der Waals surface area (Å²) in [5.74, 6) is 0.175. The van der Waals surface area contributed by atoms with Crippen LogP contribution in [0.3, 0.4) is 0 Å². The molecule has 6 nitrogen and oxygen atoms in total. The Balaban J connectivity index is 1.46. The van der Waals surface area contributed by atoms with Crippen LogP contribution in [0.2, 0.25) is 0 Å². The summed E-state index contributed by atoms with van der Waals surface area (Å²) in [6, 6.07) is 9.97. The zero-order chi connectivity index (χ0) is 16.4. The van der Waals surface area contributed by atoms with E-state index in [1.54, 1.807) is 12.5 Å². The lowest BCUT2D eigenvalue weighted by Gasteiger charge is -2.24. The fourth-order valence-electron chi connectivity index (χ4n) is 3.42. The Kier molecular flexibility index (Phi) is 3.94. The van der Waals surface area contributed by atoms with Crippen LogP contribution < -0.4 is 0 Å². The molecule has 6 heteroatoms. The number of carbonyl (C=O) groups excluding carboxylic acids is 1. The first-order valence-electron chi connectivity index (χ1n) is 8.28. The van der Waals surface area contributed by atoms with E-state index in [9.17, 15) is 4.79 Å². The number of carbonyl (C=O) groups is 1. The third-order valence-electron chi connectivity index (χ3n) is 4.61. The highest BCUT2D eigenvalue weighted by atomic mass is 16.2.